The third-order valence-electron chi connectivity index (χ3n) is 4.07. The van der Waals surface area contributed by atoms with Gasteiger partial charge in [0.15, 0.2) is 0 Å². The van der Waals surface area contributed by atoms with Gasteiger partial charge in [-0.15, -0.1) is 11.8 Å². The molecule has 0 bridgehead atoms. The molecule has 1 aliphatic heterocycles. The molecule has 2 rings (SSSR count). The summed E-state index contributed by atoms with van der Waals surface area (Å²) in [6.45, 7) is 2.52. The van der Waals surface area contributed by atoms with Gasteiger partial charge in [-0.1, -0.05) is 31.4 Å². The largest absolute Gasteiger partial charge is 0.350 e. The van der Waals surface area contributed by atoms with E-state index >= 15 is 0 Å². The Hall–Kier alpha value is -1.24. The summed E-state index contributed by atoms with van der Waals surface area (Å²) in [5.41, 5.74) is 6.29. The summed E-state index contributed by atoms with van der Waals surface area (Å²) < 4.78 is 0. The van der Waals surface area contributed by atoms with Gasteiger partial charge in [-0.05, 0) is 30.7 Å². The predicted molar refractivity (Wildman–Crippen MR) is 99.2 cm³/mol. The van der Waals surface area contributed by atoms with Crippen LogP contribution in [0.15, 0.2) is 24.3 Å². The molecule has 3 N–H and O–H groups in total. The highest BCUT2D eigenvalue weighted by Gasteiger charge is 2.35. The van der Waals surface area contributed by atoms with Gasteiger partial charge in [-0.3, -0.25) is 9.59 Å². The van der Waals surface area contributed by atoms with E-state index in [1.54, 1.807) is 40.9 Å². The lowest BCUT2D eigenvalue weighted by atomic mass is 10.1. The standard InChI is InChI=1S/C17H24ClN3O2S/c1-2-3-4-14(9-19)20-16(22)15-10-24-11-21(15)17(23)12-5-7-13(18)8-6-12/h5-8,14-15H,2-4,9-11,19H2,1H3,(H,20,22). The van der Waals surface area contributed by atoms with E-state index in [0.717, 1.165) is 19.3 Å². The zero-order chi connectivity index (χ0) is 17.5. The summed E-state index contributed by atoms with van der Waals surface area (Å²) in [4.78, 5) is 26.9. The van der Waals surface area contributed by atoms with Crippen molar-refractivity contribution < 1.29 is 9.59 Å². The summed E-state index contributed by atoms with van der Waals surface area (Å²) >= 11 is 7.45. The summed E-state index contributed by atoms with van der Waals surface area (Å²) in [6, 6.07) is 6.26. The molecule has 0 aliphatic carbocycles. The van der Waals surface area contributed by atoms with Gasteiger partial charge < -0.3 is 16.0 Å². The first-order chi connectivity index (χ1) is 11.6. The van der Waals surface area contributed by atoms with Gasteiger partial charge >= 0.3 is 0 Å². The first-order valence-electron chi connectivity index (χ1n) is 8.21. The maximum atomic E-state index is 12.7. The van der Waals surface area contributed by atoms with Crippen LogP contribution >= 0.6 is 23.4 Å². The smallest absolute Gasteiger partial charge is 0.255 e. The number of nitrogens with zero attached hydrogens (tertiary/aromatic N) is 1. The van der Waals surface area contributed by atoms with Gasteiger partial charge in [-0.2, -0.15) is 0 Å². The lowest BCUT2D eigenvalue weighted by Crippen LogP contribution is -2.51. The van der Waals surface area contributed by atoms with Crippen LogP contribution in [0, 0.1) is 0 Å². The Balaban J connectivity index is 2.02. The highest BCUT2D eigenvalue weighted by molar-refractivity contribution is 7.99. The summed E-state index contributed by atoms with van der Waals surface area (Å²) in [5.74, 6) is 0.862. The number of benzene rings is 1. The number of carbonyl (C=O) groups is 2. The second kappa shape index (κ2) is 9.30. The number of nitrogens with one attached hydrogen (secondary N) is 1. The Labute approximate surface area is 152 Å². The molecule has 1 saturated heterocycles. The van der Waals surface area contributed by atoms with Crippen LogP contribution in [0.3, 0.4) is 0 Å². The molecule has 132 valence electrons. The van der Waals surface area contributed by atoms with Crippen molar-refractivity contribution in [2.24, 2.45) is 5.73 Å². The number of carbonyl (C=O) groups excluding carboxylic acids is 2. The van der Waals surface area contributed by atoms with Crippen molar-refractivity contribution in [3.05, 3.63) is 34.9 Å². The van der Waals surface area contributed by atoms with Crippen LogP contribution < -0.4 is 11.1 Å². The second-order valence-electron chi connectivity index (χ2n) is 5.88. The van der Waals surface area contributed by atoms with E-state index in [2.05, 4.69) is 12.2 Å². The van der Waals surface area contributed by atoms with Crippen molar-refractivity contribution in [2.45, 2.75) is 38.3 Å². The molecular formula is C17H24ClN3O2S. The third-order valence-corrected chi connectivity index (χ3v) is 5.34. The number of nitrogens with two attached hydrogens (primary N) is 1. The predicted octanol–water partition coefficient (Wildman–Crippen LogP) is 2.49. The Morgan fingerprint density at radius 2 is 2.12 bits per heavy atom. The Kier molecular flexibility index (Phi) is 7.40. The molecule has 7 heteroatoms. The molecule has 1 fully saturated rings. The van der Waals surface area contributed by atoms with Crippen LogP contribution in [0.2, 0.25) is 5.02 Å². The van der Waals surface area contributed by atoms with Gasteiger partial charge in [-0.25, -0.2) is 0 Å². The first-order valence-corrected chi connectivity index (χ1v) is 9.74. The molecule has 2 atom stereocenters. The topological polar surface area (TPSA) is 75.4 Å². The van der Waals surface area contributed by atoms with Crippen LogP contribution in [0.4, 0.5) is 0 Å². The number of hydrogen-bond donors (Lipinski definition) is 2. The number of hydrogen-bond acceptors (Lipinski definition) is 4. The van der Waals surface area contributed by atoms with Crippen LogP contribution in [0.25, 0.3) is 0 Å². The monoisotopic (exact) mass is 369 g/mol. The molecule has 1 aromatic carbocycles. The molecule has 0 radical (unpaired) electrons. The van der Waals surface area contributed by atoms with Crippen LogP contribution in [-0.4, -0.2) is 47.0 Å². The van der Waals surface area contributed by atoms with E-state index in [4.69, 9.17) is 17.3 Å². The first kappa shape index (κ1) is 19.1. The molecule has 0 saturated carbocycles. The van der Waals surface area contributed by atoms with E-state index < -0.39 is 6.04 Å². The third kappa shape index (κ3) is 4.88. The Bertz CT molecular complexity index is 567. The van der Waals surface area contributed by atoms with E-state index in [0.29, 0.717) is 28.8 Å². The van der Waals surface area contributed by atoms with Crippen LogP contribution in [0.5, 0.6) is 0 Å². The molecule has 0 spiro atoms. The van der Waals surface area contributed by atoms with Gasteiger partial charge in [0.05, 0.1) is 5.88 Å². The molecular weight excluding hydrogens is 346 g/mol. The fourth-order valence-electron chi connectivity index (χ4n) is 2.62. The van der Waals surface area contributed by atoms with Gasteiger partial charge in [0.2, 0.25) is 5.91 Å². The van der Waals surface area contributed by atoms with Crippen LogP contribution in [-0.2, 0) is 4.79 Å². The van der Waals surface area contributed by atoms with Crippen molar-refractivity contribution >= 4 is 35.2 Å². The minimum Gasteiger partial charge on any atom is -0.350 e. The van der Waals surface area contributed by atoms with Crippen LogP contribution in [0.1, 0.15) is 36.5 Å². The number of amides is 2. The molecule has 2 amide bonds. The fourth-order valence-corrected chi connectivity index (χ4v) is 3.90. The highest BCUT2D eigenvalue weighted by atomic mass is 35.5. The maximum Gasteiger partial charge on any atom is 0.255 e. The quantitative estimate of drug-likeness (QED) is 0.774. The number of unbranched alkanes of at least 4 members (excludes halogenated alkanes) is 1. The number of rotatable bonds is 7. The lowest BCUT2D eigenvalue weighted by molar-refractivity contribution is -0.125. The average molecular weight is 370 g/mol. The summed E-state index contributed by atoms with van der Waals surface area (Å²) in [5, 5.41) is 3.58. The molecule has 24 heavy (non-hydrogen) atoms. The van der Waals surface area contributed by atoms with Crippen molar-refractivity contribution in [3.8, 4) is 0 Å². The van der Waals surface area contributed by atoms with E-state index in [1.165, 1.54) is 0 Å². The molecule has 1 heterocycles. The Morgan fingerprint density at radius 1 is 1.42 bits per heavy atom. The van der Waals surface area contributed by atoms with Crippen molar-refractivity contribution in [2.75, 3.05) is 18.2 Å². The highest BCUT2D eigenvalue weighted by Crippen LogP contribution is 2.24. The number of halogens is 1. The normalized spacial score (nSPS) is 18.5. The van der Waals surface area contributed by atoms with Gasteiger partial charge in [0, 0.05) is 28.9 Å². The Morgan fingerprint density at radius 3 is 2.75 bits per heavy atom. The molecule has 2 unspecified atom stereocenters. The lowest BCUT2D eigenvalue weighted by Gasteiger charge is -2.25. The molecule has 0 aromatic heterocycles. The SMILES string of the molecule is CCCCC(CN)NC(=O)C1CSCN1C(=O)c1ccc(Cl)cc1. The second-order valence-corrected chi connectivity index (χ2v) is 7.32. The van der Waals surface area contributed by atoms with E-state index in [-0.39, 0.29) is 17.9 Å². The van der Waals surface area contributed by atoms with Crippen molar-refractivity contribution in [1.29, 1.82) is 0 Å². The number of thioether (sulfide) groups is 1. The molecule has 5 nitrogen and oxygen atoms in total. The zero-order valence-corrected chi connectivity index (χ0v) is 15.4. The maximum absolute atomic E-state index is 12.7. The minimum absolute atomic E-state index is 0.0319. The van der Waals surface area contributed by atoms with Crippen molar-refractivity contribution in [1.82, 2.24) is 10.2 Å². The van der Waals surface area contributed by atoms with E-state index in [1.807, 2.05) is 0 Å². The summed E-state index contributed by atoms with van der Waals surface area (Å²) in [7, 11) is 0. The molecule has 1 aromatic rings. The average Bonchev–Trinajstić information content (AvgIpc) is 3.08. The van der Waals surface area contributed by atoms with Crippen molar-refractivity contribution in [3.63, 3.8) is 0 Å². The summed E-state index contributed by atoms with van der Waals surface area (Å²) in [6.07, 6.45) is 2.95. The van der Waals surface area contributed by atoms with Gasteiger partial charge in [0.25, 0.3) is 5.91 Å². The van der Waals surface area contributed by atoms with E-state index in [9.17, 15) is 9.59 Å². The van der Waals surface area contributed by atoms with Gasteiger partial charge in [0.1, 0.15) is 6.04 Å². The molecule has 1 aliphatic rings. The fraction of sp³-hybridized carbons (Fsp3) is 0.529. The zero-order valence-electron chi connectivity index (χ0n) is 13.8. The minimum atomic E-state index is -0.450.